The second kappa shape index (κ2) is 7.52. The maximum Gasteiger partial charge on any atom is 0.305 e. The lowest BCUT2D eigenvalue weighted by molar-refractivity contribution is -0.225. The van der Waals surface area contributed by atoms with Gasteiger partial charge in [-0.3, -0.25) is 9.59 Å². The van der Waals surface area contributed by atoms with Gasteiger partial charge >= 0.3 is 11.9 Å². The Bertz CT molecular complexity index is 257. The van der Waals surface area contributed by atoms with Gasteiger partial charge in [0.25, 0.3) is 0 Å². The van der Waals surface area contributed by atoms with Crippen molar-refractivity contribution in [3.8, 4) is 0 Å². The number of aliphatic carboxylic acids is 2. The van der Waals surface area contributed by atoms with Gasteiger partial charge in [0.05, 0.1) is 12.8 Å². The van der Waals surface area contributed by atoms with E-state index >= 15 is 0 Å². The minimum atomic E-state index is -1.01. The highest BCUT2D eigenvalue weighted by Crippen LogP contribution is 2.07. The average molecular weight is 233 g/mol. The van der Waals surface area contributed by atoms with Crippen LogP contribution in [0.2, 0.25) is 0 Å². The molecule has 0 amide bonds. The fraction of sp³-hybridized carbons (Fsp3) is 0.556. The van der Waals surface area contributed by atoms with Gasteiger partial charge in [0.1, 0.15) is 0 Å². The van der Waals surface area contributed by atoms with Crippen LogP contribution in [0.15, 0.2) is 12.0 Å². The molecular weight excluding hydrogens is 218 g/mol. The van der Waals surface area contributed by atoms with Crippen LogP contribution in [0.4, 0.5) is 0 Å². The van der Waals surface area contributed by atoms with E-state index in [4.69, 9.17) is 15.5 Å². The summed E-state index contributed by atoms with van der Waals surface area (Å²) in [6.07, 6.45) is 1.09. The van der Waals surface area contributed by atoms with Crippen molar-refractivity contribution in [1.82, 2.24) is 4.90 Å². The predicted molar refractivity (Wildman–Crippen MR) is 53.5 cm³/mol. The average Bonchev–Trinajstić information content (AvgIpc) is 2.22. The fourth-order valence-electron chi connectivity index (χ4n) is 1.09. The molecule has 0 heterocycles. The van der Waals surface area contributed by atoms with E-state index in [0.29, 0.717) is 0 Å². The van der Waals surface area contributed by atoms with E-state index < -0.39 is 11.9 Å². The first kappa shape index (κ1) is 14.2. The molecule has 0 aliphatic rings. The minimum absolute atomic E-state index is 0.0440. The molecule has 0 aromatic heterocycles. The minimum Gasteiger partial charge on any atom is -0.481 e. The van der Waals surface area contributed by atoms with E-state index in [2.05, 4.69) is 4.89 Å². The van der Waals surface area contributed by atoms with Gasteiger partial charge < -0.3 is 20.0 Å². The molecule has 0 aromatic carbocycles. The summed E-state index contributed by atoms with van der Waals surface area (Å²) < 4.78 is 0. The number of rotatable bonds is 8. The largest absolute Gasteiger partial charge is 0.481 e. The van der Waals surface area contributed by atoms with Gasteiger partial charge in [0.15, 0.2) is 0 Å². The van der Waals surface area contributed by atoms with E-state index in [1.165, 1.54) is 11.0 Å². The summed E-state index contributed by atoms with van der Waals surface area (Å²) in [4.78, 5) is 26.1. The molecule has 0 rings (SSSR count). The van der Waals surface area contributed by atoms with Crippen molar-refractivity contribution in [3.63, 3.8) is 0 Å². The SMILES string of the molecule is C/C=C(/OO)N(CCC(=O)O)CCC(=O)O. The first-order chi connectivity index (χ1) is 7.51. The Kier molecular flexibility index (Phi) is 6.69. The molecule has 3 N–H and O–H groups in total. The summed E-state index contributed by atoms with van der Waals surface area (Å²) in [5, 5.41) is 25.5. The van der Waals surface area contributed by atoms with Gasteiger partial charge in [-0.05, 0) is 13.0 Å². The number of carbonyl (C=O) groups is 2. The van der Waals surface area contributed by atoms with Crippen LogP contribution < -0.4 is 0 Å². The third-order valence-electron chi connectivity index (χ3n) is 1.84. The Morgan fingerprint density at radius 3 is 1.88 bits per heavy atom. The molecule has 0 aliphatic carbocycles. The highest BCUT2D eigenvalue weighted by atomic mass is 17.1. The van der Waals surface area contributed by atoms with Gasteiger partial charge in [-0.15, -0.1) is 0 Å². The lowest BCUT2D eigenvalue weighted by atomic mass is 10.3. The highest BCUT2D eigenvalue weighted by molar-refractivity contribution is 5.67. The predicted octanol–water partition coefficient (Wildman–Crippen LogP) is 0.589. The smallest absolute Gasteiger partial charge is 0.305 e. The van der Waals surface area contributed by atoms with Gasteiger partial charge in [-0.2, -0.15) is 0 Å². The van der Waals surface area contributed by atoms with Crippen molar-refractivity contribution in [3.05, 3.63) is 12.0 Å². The molecule has 0 aromatic rings. The summed E-state index contributed by atoms with van der Waals surface area (Å²) in [5.41, 5.74) is 0. The lowest BCUT2D eigenvalue weighted by Gasteiger charge is -2.22. The standard InChI is InChI=1S/C9H15NO6/c1-2-7(16-15)10(5-3-8(11)12)6-4-9(13)14/h2,15H,3-6H2,1H3,(H,11,12)(H,13,14)/b7-2+. The second-order valence-electron chi connectivity index (χ2n) is 2.99. The van der Waals surface area contributed by atoms with Crippen LogP contribution in [0, 0.1) is 0 Å². The molecule has 0 bridgehead atoms. The molecule has 92 valence electrons. The Labute approximate surface area is 92.5 Å². The van der Waals surface area contributed by atoms with Gasteiger partial charge in [-0.1, -0.05) is 0 Å². The van der Waals surface area contributed by atoms with Crippen molar-refractivity contribution in [1.29, 1.82) is 0 Å². The summed E-state index contributed by atoms with van der Waals surface area (Å²) in [6.45, 7) is 1.73. The van der Waals surface area contributed by atoms with E-state index in [0.717, 1.165) is 0 Å². The topological polar surface area (TPSA) is 107 Å². The number of carboxylic acid groups (broad SMARTS) is 2. The van der Waals surface area contributed by atoms with Crippen LogP contribution in [-0.2, 0) is 14.5 Å². The van der Waals surface area contributed by atoms with Crippen molar-refractivity contribution >= 4 is 11.9 Å². The monoisotopic (exact) mass is 233 g/mol. The summed E-state index contributed by atoms with van der Waals surface area (Å²) >= 11 is 0. The van der Waals surface area contributed by atoms with E-state index in [1.54, 1.807) is 6.92 Å². The van der Waals surface area contributed by atoms with Crippen molar-refractivity contribution in [2.45, 2.75) is 19.8 Å². The Balaban J connectivity index is 4.36. The summed E-state index contributed by atoms with van der Waals surface area (Å²) in [5.74, 6) is -1.97. The maximum atomic E-state index is 10.4. The first-order valence-corrected chi connectivity index (χ1v) is 4.67. The Morgan fingerprint density at radius 2 is 1.62 bits per heavy atom. The van der Waals surface area contributed by atoms with Crippen LogP contribution in [0.25, 0.3) is 0 Å². The molecule has 7 nitrogen and oxygen atoms in total. The molecule has 0 radical (unpaired) electrons. The second-order valence-corrected chi connectivity index (χ2v) is 2.99. The van der Waals surface area contributed by atoms with Gasteiger partial charge in [0, 0.05) is 13.1 Å². The molecule has 0 atom stereocenters. The third-order valence-corrected chi connectivity index (χ3v) is 1.84. The number of hydrogen-bond acceptors (Lipinski definition) is 5. The molecule has 0 unspecified atom stereocenters. The van der Waals surface area contributed by atoms with Crippen LogP contribution in [0.1, 0.15) is 19.8 Å². The zero-order valence-electron chi connectivity index (χ0n) is 8.92. The molecule has 0 aliphatic heterocycles. The van der Waals surface area contributed by atoms with E-state index in [1.807, 2.05) is 0 Å². The molecule has 0 saturated heterocycles. The normalized spacial score (nSPS) is 11.0. The van der Waals surface area contributed by atoms with Crippen molar-refractivity contribution in [2.24, 2.45) is 0 Å². The zero-order chi connectivity index (χ0) is 12.6. The fourth-order valence-corrected chi connectivity index (χ4v) is 1.09. The molecule has 16 heavy (non-hydrogen) atoms. The van der Waals surface area contributed by atoms with Crippen LogP contribution in [-0.4, -0.2) is 45.4 Å². The number of allylic oxidation sites excluding steroid dienone is 1. The van der Waals surface area contributed by atoms with Crippen LogP contribution in [0.5, 0.6) is 0 Å². The molecule has 0 fully saturated rings. The molecular formula is C9H15NO6. The summed E-state index contributed by atoms with van der Waals surface area (Å²) in [7, 11) is 0. The third kappa shape index (κ3) is 5.86. The molecule has 7 heteroatoms. The maximum absolute atomic E-state index is 10.4. The van der Waals surface area contributed by atoms with Gasteiger partial charge in [-0.25, -0.2) is 5.26 Å². The van der Waals surface area contributed by atoms with Crippen LogP contribution >= 0.6 is 0 Å². The number of carboxylic acids is 2. The molecule has 0 spiro atoms. The highest BCUT2D eigenvalue weighted by Gasteiger charge is 2.13. The Hall–Kier alpha value is -1.76. The molecule has 0 saturated carbocycles. The van der Waals surface area contributed by atoms with Gasteiger partial charge in [0.2, 0.25) is 5.88 Å². The number of hydrogen-bond donors (Lipinski definition) is 3. The first-order valence-electron chi connectivity index (χ1n) is 4.67. The van der Waals surface area contributed by atoms with Crippen molar-refractivity contribution in [2.75, 3.05) is 13.1 Å². The number of nitrogens with zero attached hydrogens (tertiary/aromatic N) is 1. The van der Waals surface area contributed by atoms with E-state index in [-0.39, 0.29) is 31.8 Å². The lowest BCUT2D eigenvalue weighted by Crippen LogP contribution is -2.29. The summed E-state index contributed by atoms with van der Waals surface area (Å²) in [6, 6.07) is 0. The Morgan fingerprint density at radius 1 is 1.19 bits per heavy atom. The van der Waals surface area contributed by atoms with Crippen molar-refractivity contribution < 1.29 is 29.9 Å². The van der Waals surface area contributed by atoms with Crippen LogP contribution in [0.3, 0.4) is 0 Å². The zero-order valence-corrected chi connectivity index (χ0v) is 8.92. The van der Waals surface area contributed by atoms with E-state index in [9.17, 15) is 9.59 Å². The quantitative estimate of drug-likeness (QED) is 0.320.